The van der Waals surface area contributed by atoms with Crippen molar-refractivity contribution in [2.75, 3.05) is 0 Å². The minimum atomic E-state index is 0. The molecule has 0 aliphatic heterocycles. The van der Waals surface area contributed by atoms with Gasteiger partial charge >= 0.3 is 0 Å². The van der Waals surface area contributed by atoms with Crippen LogP contribution in [0.2, 0.25) is 0 Å². The third-order valence-electron chi connectivity index (χ3n) is 0. The molecule has 196 valence electrons. The molecule has 0 aromatic rings. The Labute approximate surface area is 187 Å². The van der Waals surface area contributed by atoms with Gasteiger partial charge in [0.2, 0.25) is 0 Å². The van der Waals surface area contributed by atoms with Crippen molar-refractivity contribution < 1.29 is 0 Å². The molecule has 0 unspecified atom stereocenters. The van der Waals surface area contributed by atoms with Crippen LogP contribution in [-0.4, -0.2) is 0 Å². The van der Waals surface area contributed by atoms with Gasteiger partial charge in [0, 0.05) is 0 Å². The maximum absolute atomic E-state index is 2.00. The zero-order valence-electron chi connectivity index (χ0n) is 12.0. The molecule has 0 heterocycles. The van der Waals surface area contributed by atoms with E-state index in [2.05, 4.69) is 0 Å². The lowest BCUT2D eigenvalue weighted by atomic mass is 11.0. The average molecular weight is 405 g/mol. The van der Waals surface area contributed by atoms with Crippen LogP contribution in [0.1, 0.15) is 187 Å². The normalized spacial score (nSPS) is 1.38. The molecule has 0 spiro atoms. The predicted octanol–water partition coefficient (Wildman–Crippen LogP) is 15.1. The first-order valence-electron chi connectivity index (χ1n) is 6.00. The van der Waals surface area contributed by atoms with Gasteiger partial charge < -0.3 is 0 Å². The van der Waals surface area contributed by atoms with Crippen LogP contribution < -0.4 is 0 Å². The average Bonchev–Trinajstić information content (AvgIpc) is 2.33. The molecule has 0 saturated carbocycles. The summed E-state index contributed by atoms with van der Waals surface area (Å²) in [4.78, 5) is 0. The van der Waals surface area contributed by atoms with E-state index in [0.29, 0.717) is 0 Å². The summed E-state index contributed by atoms with van der Waals surface area (Å²) in [7, 11) is 0. The van der Waals surface area contributed by atoms with Crippen molar-refractivity contribution in [2.24, 2.45) is 0 Å². The molecule has 0 N–H and O–H groups in total. The fourth-order valence-corrected chi connectivity index (χ4v) is 0. The van der Waals surface area contributed by atoms with E-state index in [0.717, 1.165) is 0 Å². The van der Waals surface area contributed by atoms with Crippen molar-refractivity contribution in [2.45, 2.75) is 187 Å². The molecule has 0 nitrogen and oxygen atoms in total. The van der Waals surface area contributed by atoms with Crippen LogP contribution in [0.15, 0.2) is 0 Å². The Hall–Kier alpha value is 0. The topological polar surface area (TPSA) is 0 Å². The highest BCUT2D eigenvalue weighted by Gasteiger charge is 0.942. The quantitative estimate of drug-likeness (QED) is 0.376. The molecule has 0 bridgehead atoms. The van der Waals surface area contributed by atoms with E-state index in [9.17, 15) is 0 Å². The summed E-state index contributed by atoms with van der Waals surface area (Å²) in [5.74, 6) is 0. The van der Waals surface area contributed by atoms with Crippen molar-refractivity contribution in [3.63, 3.8) is 0 Å². The van der Waals surface area contributed by atoms with Gasteiger partial charge in [0.1, 0.15) is 0 Å². The second-order valence-corrected chi connectivity index (χ2v) is 0. The Kier molecular flexibility index (Phi) is 0. The lowest BCUT2D eigenvalue weighted by molar-refractivity contribution is 1.50. The van der Waals surface area contributed by atoms with Crippen LogP contribution in [-0.2, 0) is 0 Å². The van der Waals surface area contributed by atoms with Gasteiger partial charge in [0.05, 0.1) is 0 Å². The van der Waals surface area contributed by atoms with Crippen molar-refractivity contribution in [1.82, 2.24) is 0 Å². The number of rotatable bonds is 0. The second-order valence-electron chi connectivity index (χ2n) is 0. The van der Waals surface area contributed by atoms with Crippen molar-refractivity contribution in [1.29, 1.82) is 0 Å². The van der Waals surface area contributed by atoms with Gasteiger partial charge in [-0.3, -0.25) is 0 Å². The summed E-state index contributed by atoms with van der Waals surface area (Å²) in [5, 5.41) is 0. The van der Waals surface area contributed by atoms with Gasteiger partial charge in [-0.2, -0.15) is 0 Å². The Balaban J connectivity index is -0.000000000833. The van der Waals surface area contributed by atoms with Crippen molar-refractivity contribution in [3.8, 4) is 0 Å². The molecule has 0 atom stereocenters. The first-order valence-corrected chi connectivity index (χ1v) is 6.00. The molecule has 26 heavy (non-hydrogen) atoms. The minimum absolute atomic E-state index is 0. The maximum atomic E-state index is 2.00. The van der Waals surface area contributed by atoms with E-state index >= 15 is 0 Å². The van der Waals surface area contributed by atoms with Crippen LogP contribution in [0.25, 0.3) is 0 Å². The smallest absolute Gasteiger partial charge is 0.0683 e. The molecule has 0 radical (unpaired) electrons. The molecular formula is C26H92. The van der Waals surface area contributed by atoms with Gasteiger partial charge in [0.25, 0.3) is 0 Å². The standard InChI is InChI=1S/6C2H6.14CH4/c6*1-2;;;;;;;;;;;;;;/h6*1-2H3;14*1H4. The molecule has 0 aromatic carbocycles. The van der Waals surface area contributed by atoms with Crippen molar-refractivity contribution >= 4 is 0 Å². The van der Waals surface area contributed by atoms with Gasteiger partial charge in [-0.15, -0.1) is 0 Å². The Morgan fingerprint density at radius 2 is 0.115 bits per heavy atom. The summed E-state index contributed by atoms with van der Waals surface area (Å²) >= 11 is 0. The third kappa shape index (κ3) is 0. The molecule has 0 aromatic heterocycles. The fourth-order valence-electron chi connectivity index (χ4n) is 0. The molecule has 0 amide bonds. The second kappa shape index (κ2) is 0. The van der Waals surface area contributed by atoms with Crippen LogP contribution in [0.5, 0.6) is 0 Å². The molecule has 0 fully saturated rings. The van der Waals surface area contributed by atoms with Gasteiger partial charge in [-0.1, -0.05) is 187 Å². The highest BCUT2D eigenvalue weighted by molar-refractivity contribution is 3.51. The summed E-state index contributed by atoms with van der Waals surface area (Å²) < 4.78 is 0. The van der Waals surface area contributed by atoms with E-state index in [1.54, 1.807) is 0 Å². The zero-order chi connectivity index (χ0) is 12.0. The monoisotopic (exact) mass is 405 g/mol. The Bertz CT molecular complexity index is 0. The minimum Gasteiger partial charge on any atom is -0.0776 e. The van der Waals surface area contributed by atoms with Gasteiger partial charge in [-0.25, -0.2) is 0 Å². The van der Waals surface area contributed by atoms with Crippen LogP contribution in [0.4, 0.5) is 0 Å². The van der Waals surface area contributed by atoms with E-state index < -0.39 is 0 Å². The first-order chi connectivity index (χ1) is 6.00. The third-order valence-corrected chi connectivity index (χ3v) is 0. The lowest BCUT2D eigenvalue weighted by Crippen LogP contribution is -0.856. The van der Waals surface area contributed by atoms with E-state index in [-0.39, 0.29) is 104 Å². The molecule has 0 aliphatic rings. The van der Waals surface area contributed by atoms with E-state index in [1.807, 2.05) is 83.1 Å². The summed E-state index contributed by atoms with van der Waals surface area (Å²) in [6.45, 7) is 24.0. The highest BCUT2D eigenvalue weighted by atomic mass is 13.0. The zero-order valence-corrected chi connectivity index (χ0v) is 12.0. The number of hydrogen-bond acceptors (Lipinski definition) is 0. The summed E-state index contributed by atoms with van der Waals surface area (Å²) in [6.07, 6.45) is 0. The molecule has 0 saturated heterocycles. The molecule has 0 rings (SSSR count). The van der Waals surface area contributed by atoms with Gasteiger partial charge in [0.15, 0.2) is 0 Å². The molecular weight excluding hydrogens is 312 g/mol. The van der Waals surface area contributed by atoms with Crippen LogP contribution in [0, 0.1) is 0 Å². The fraction of sp³-hybridized carbons (Fsp3) is 1.00. The molecule has 0 aliphatic carbocycles. The number of hydrogen-bond donors (Lipinski definition) is 0. The maximum Gasteiger partial charge on any atom is -0.0683 e. The summed E-state index contributed by atoms with van der Waals surface area (Å²) in [6, 6.07) is 0. The molecule has 0 heteroatoms. The van der Waals surface area contributed by atoms with Gasteiger partial charge in [-0.05, 0) is 0 Å². The highest BCUT2D eigenvalue weighted by Crippen LogP contribution is 1.15. The SMILES string of the molecule is C.C.C.C.C.C.C.C.C.C.C.C.C.C.CC.CC.CC.CC.CC.CC. The van der Waals surface area contributed by atoms with E-state index in [1.165, 1.54) is 0 Å². The first kappa shape index (κ1) is 451. The Morgan fingerprint density at radius 3 is 0.115 bits per heavy atom. The summed E-state index contributed by atoms with van der Waals surface area (Å²) in [5.41, 5.74) is 0. The van der Waals surface area contributed by atoms with E-state index in [4.69, 9.17) is 0 Å². The largest absolute Gasteiger partial charge is 0.0776 e. The van der Waals surface area contributed by atoms with Crippen LogP contribution >= 0.6 is 0 Å². The lowest BCUT2D eigenvalue weighted by Gasteiger charge is -1.07. The predicted molar refractivity (Wildman–Crippen MR) is 162 cm³/mol. The van der Waals surface area contributed by atoms with Crippen molar-refractivity contribution in [3.05, 3.63) is 0 Å². The van der Waals surface area contributed by atoms with Crippen LogP contribution in [0.3, 0.4) is 0 Å². The Morgan fingerprint density at radius 1 is 0.115 bits per heavy atom.